The van der Waals surface area contributed by atoms with Crippen molar-refractivity contribution in [3.05, 3.63) is 40.8 Å². The van der Waals surface area contributed by atoms with Crippen LogP contribution in [-0.4, -0.2) is 21.5 Å². The van der Waals surface area contributed by atoms with Crippen LogP contribution in [0.25, 0.3) is 11.5 Å². The third-order valence-corrected chi connectivity index (χ3v) is 2.54. The number of aromatic nitrogens is 3. The van der Waals surface area contributed by atoms with Crippen LogP contribution in [0.2, 0.25) is 0 Å². The summed E-state index contributed by atoms with van der Waals surface area (Å²) in [5.41, 5.74) is 7.19. The lowest BCUT2D eigenvalue weighted by Gasteiger charge is -2.02. The Morgan fingerprint density at radius 1 is 1.19 bits per heavy atom. The zero-order chi connectivity index (χ0) is 11.4. The molecule has 0 aliphatic heterocycles. The fourth-order valence-electron chi connectivity index (χ4n) is 1.31. The largest absolute Gasteiger partial charge is 0.330 e. The lowest BCUT2D eigenvalue weighted by Crippen LogP contribution is -2.05. The van der Waals surface area contributed by atoms with Gasteiger partial charge in [0.05, 0.1) is 0 Å². The Morgan fingerprint density at radius 2 is 2.06 bits per heavy atom. The van der Waals surface area contributed by atoms with Crippen LogP contribution in [0.4, 0.5) is 0 Å². The van der Waals surface area contributed by atoms with Gasteiger partial charge in [-0.05, 0) is 40.7 Å². The van der Waals surface area contributed by atoms with Gasteiger partial charge in [-0.15, -0.1) is 0 Å². The van der Waals surface area contributed by atoms with Crippen LogP contribution < -0.4 is 5.73 Å². The van der Waals surface area contributed by atoms with E-state index in [1.54, 1.807) is 12.4 Å². The minimum Gasteiger partial charge on any atom is -0.330 e. The van der Waals surface area contributed by atoms with E-state index in [-0.39, 0.29) is 0 Å². The molecule has 0 aliphatic rings. The summed E-state index contributed by atoms with van der Waals surface area (Å²) < 4.78 is 0.939. The van der Waals surface area contributed by atoms with Crippen LogP contribution in [0.3, 0.4) is 0 Å². The quantitative estimate of drug-likeness (QED) is 0.930. The van der Waals surface area contributed by atoms with Crippen LogP contribution in [-0.2, 0) is 6.42 Å². The maximum atomic E-state index is 5.49. The van der Waals surface area contributed by atoms with E-state index in [0.29, 0.717) is 12.4 Å². The fourth-order valence-corrected chi connectivity index (χ4v) is 1.55. The summed E-state index contributed by atoms with van der Waals surface area (Å²) in [6.45, 7) is 0.588. The standard InChI is InChI=1S/C11H11BrN4/c12-8-1-2-10(15-7-8)11-14-6-4-9(16-11)3-5-13/h1-2,4,6-7H,3,5,13H2. The molecule has 0 saturated carbocycles. The van der Waals surface area contributed by atoms with Crippen molar-refractivity contribution in [1.82, 2.24) is 15.0 Å². The van der Waals surface area contributed by atoms with Crippen LogP contribution in [0.1, 0.15) is 5.69 Å². The summed E-state index contributed by atoms with van der Waals surface area (Å²) in [4.78, 5) is 12.8. The molecule has 0 aromatic carbocycles. The van der Waals surface area contributed by atoms with E-state index >= 15 is 0 Å². The third-order valence-electron chi connectivity index (χ3n) is 2.07. The Labute approximate surface area is 102 Å². The fraction of sp³-hybridized carbons (Fsp3) is 0.182. The van der Waals surface area contributed by atoms with Crippen molar-refractivity contribution in [3.8, 4) is 11.5 Å². The molecule has 4 nitrogen and oxygen atoms in total. The molecule has 5 heteroatoms. The zero-order valence-corrected chi connectivity index (χ0v) is 10.2. The second-order valence-corrected chi connectivity index (χ2v) is 4.19. The van der Waals surface area contributed by atoms with Gasteiger partial charge in [-0.25, -0.2) is 9.97 Å². The molecule has 0 amide bonds. The van der Waals surface area contributed by atoms with Gasteiger partial charge < -0.3 is 5.73 Å². The molecule has 0 saturated heterocycles. The molecule has 2 rings (SSSR count). The zero-order valence-electron chi connectivity index (χ0n) is 8.60. The monoisotopic (exact) mass is 278 g/mol. The Morgan fingerprint density at radius 3 is 2.75 bits per heavy atom. The first kappa shape index (κ1) is 11.2. The van der Waals surface area contributed by atoms with Crippen molar-refractivity contribution < 1.29 is 0 Å². The van der Waals surface area contributed by atoms with E-state index < -0.39 is 0 Å². The van der Waals surface area contributed by atoms with Crippen LogP contribution >= 0.6 is 15.9 Å². The summed E-state index contributed by atoms with van der Waals surface area (Å²) >= 11 is 3.34. The van der Waals surface area contributed by atoms with E-state index in [4.69, 9.17) is 5.73 Å². The molecule has 2 aromatic heterocycles. The van der Waals surface area contributed by atoms with Gasteiger partial charge in [0.2, 0.25) is 0 Å². The van der Waals surface area contributed by atoms with E-state index in [1.165, 1.54) is 0 Å². The normalized spacial score (nSPS) is 10.4. The first-order valence-electron chi connectivity index (χ1n) is 4.93. The highest BCUT2D eigenvalue weighted by Gasteiger charge is 2.03. The van der Waals surface area contributed by atoms with Crippen LogP contribution in [0, 0.1) is 0 Å². The summed E-state index contributed by atoms with van der Waals surface area (Å²) in [6, 6.07) is 5.67. The van der Waals surface area contributed by atoms with Crippen molar-refractivity contribution in [2.45, 2.75) is 6.42 Å². The molecule has 0 spiro atoms. The first-order chi connectivity index (χ1) is 7.79. The minimum atomic E-state index is 0.588. The summed E-state index contributed by atoms with van der Waals surface area (Å²) in [5, 5.41) is 0. The number of halogens is 1. The van der Waals surface area contributed by atoms with E-state index in [2.05, 4.69) is 30.9 Å². The van der Waals surface area contributed by atoms with Gasteiger partial charge in [-0.2, -0.15) is 0 Å². The molecule has 0 radical (unpaired) electrons. The topological polar surface area (TPSA) is 64.7 Å². The molecule has 0 unspecified atom stereocenters. The van der Waals surface area contributed by atoms with Crippen LogP contribution in [0.15, 0.2) is 35.1 Å². The Bertz CT molecular complexity index is 470. The summed E-state index contributed by atoms with van der Waals surface area (Å²) in [5.74, 6) is 0.637. The maximum Gasteiger partial charge on any atom is 0.178 e. The summed E-state index contributed by atoms with van der Waals surface area (Å²) in [6.07, 6.45) is 4.22. The smallest absolute Gasteiger partial charge is 0.178 e. The van der Waals surface area contributed by atoms with Gasteiger partial charge in [0.15, 0.2) is 5.82 Å². The van der Waals surface area contributed by atoms with Crippen molar-refractivity contribution in [1.29, 1.82) is 0 Å². The van der Waals surface area contributed by atoms with Crippen molar-refractivity contribution in [2.75, 3.05) is 6.54 Å². The van der Waals surface area contributed by atoms with E-state index in [9.17, 15) is 0 Å². The Hall–Kier alpha value is -1.33. The third kappa shape index (κ3) is 2.62. The molecule has 2 heterocycles. The maximum absolute atomic E-state index is 5.49. The predicted molar refractivity (Wildman–Crippen MR) is 65.7 cm³/mol. The van der Waals surface area contributed by atoms with Crippen molar-refractivity contribution >= 4 is 15.9 Å². The molecule has 2 aromatic rings. The molecule has 0 bridgehead atoms. The van der Waals surface area contributed by atoms with Crippen molar-refractivity contribution in [3.63, 3.8) is 0 Å². The van der Waals surface area contributed by atoms with Gasteiger partial charge >= 0.3 is 0 Å². The molecular formula is C11H11BrN4. The number of rotatable bonds is 3. The number of nitrogens with two attached hydrogens (primary N) is 1. The molecule has 16 heavy (non-hydrogen) atoms. The molecule has 0 fully saturated rings. The lowest BCUT2D eigenvalue weighted by molar-refractivity contribution is 0.911. The average Bonchev–Trinajstić information content (AvgIpc) is 2.31. The number of pyridine rings is 1. The van der Waals surface area contributed by atoms with Gasteiger partial charge in [0.1, 0.15) is 5.69 Å². The van der Waals surface area contributed by atoms with Gasteiger partial charge in [-0.1, -0.05) is 0 Å². The first-order valence-corrected chi connectivity index (χ1v) is 5.73. The van der Waals surface area contributed by atoms with Gasteiger partial charge in [0.25, 0.3) is 0 Å². The lowest BCUT2D eigenvalue weighted by atomic mass is 10.3. The highest BCUT2D eigenvalue weighted by molar-refractivity contribution is 9.10. The minimum absolute atomic E-state index is 0.588. The second-order valence-electron chi connectivity index (χ2n) is 3.27. The Balaban J connectivity index is 2.32. The predicted octanol–water partition coefficient (Wildman–Crippen LogP) is 1.80. The Kier molecular flexibility index (Phi) is 3.58. The van der Waals surface area contributed by atoms with Crippen molar-refractivity contribution in [2.24, 2.45) is 5.73 Å². The van der Waals surface area contributed by atoms with Crippen LogP contribution in [0.5, 0.6) is 0 Å². The molecular weight excluding hydrogens is 268 g/mol. The second kappa shape index (κ2) is 5.14. The molecule has 0 atom stereocenters. The summed E-state index contributed by atoms with van der Waals surface area (Å²) in [7, 11) is 0. The van der Waals surface area contributed by atoms with Gasteiger partial charge in [0, 0.05) is 29.0 Å². The molecule has 0 aliphatic carbocycles. The number of hydrogen-bond acceptors (Lipinski definition) is 4. The van der Waals surface area contributed by atoms with Gasteiger partial charge in [-0.3, -0.25) is 4.98 Å². The number of hydrogen-bond donors (Lipinski definition) is 1. The average molecular weight is 279 g/mol. The highest BCUT2D eigenvalue weighted by Crippen LogP contribution is 2.14. The van der Waals surface area contributed by atoms with E-state index in [1.807, 2.05) is 18.2 Å². The molecule has 2 N–H and O–H groups in total. The number of nitrogens with zero attached hydrogens (tertiary/aromatic N) is 3. The SMILES string of the molecule is NCCc1ccnc(-c2ccc(Br)cn2)n1. The van der Waals surface area contributed by atoms with E-state index in [0.717, 1.165) is 22.3 Å². The highest BCUT2D eigenvalue weighted by atomic mass is 79.9. The molecule has 82 valence electrons.